The van der Waals surface area contributed by atoms with Gasteiger partial charge < -0.3 is 9.84 Å². The molecule has 0 aromatic heterocycles. The van der Waals surface area contributed by atoms with E-state index in [2.05, 4.69) is 0 Å². The average Bonchev–Trinajstić information content (AvgIpc) is 2.55. The monoisotopic (exact) mass is 326 g/mol. The van der Waals surface area contributed by atoms with Gasteiger partial charge in [0.25, 0.3) is 0 Å². The SMILES string of the molecule is CC(C)(Cc1ccccc1C(=O)O)C(=O)OC(=O)c1ccccc1. The first kappa shape index (κ1) is 17.4. The molecule has 0 unspecified atom stereocenters. The highest BCUT2D eigenvalue weighted by atomic mass is 16.6. The van der Waals surface area contributed by atoms with E-state index >= 15 is 0 Å². The zero-order valence-corrected chi connectivity index (χ0v) is 13.5. The van der Waals surface area contributed by atoms with Gasteiger partial charge in [0.05, 0.1) is 16.5 Å². The van der Waals surface area contributed by atoms with Crippen molar-refractivity contribution in [2.24, 2.45) is 5.41 Å². The van der Waals surface area contributed by atoms with E-state index in [1.165, 1.54) is 6.07 Å². The molecule has 2 aromatic carbocycles. The Hall–Kier alpha value is -2.95. The Bertz CT molecular complexity index is 762. The van der Waals surface area contributed by atoms with Crippen LogP contribution in [0.3, 0.4) is 0 Å². The molecule has 24 heavy (non-hydrogen) atoms. The van der Waals surface area contributed by atoms with Crippen molar-refractivity contribution in [1.29, 1.82) is 0 Å². The number of hydrogen-bond donors (Lipinski definition) is 1. The molecule has 5 nitrogen and oxygen atoms in total. The van der Waals surface area contributed by atoms with Crippen LogP contribution in [0.2, 0.25) is 0 Å². The van der Waals surface area contributed by atoms with Crippen LogP contribution in [0.15, 0.2) is 54.6 Å². The minimum Gasteiger partial charge on any atom is -0.478 e. The second kappa shape index (κ2) is 7.08. The number of rotatable bonds is 5. The summed E-state index contributed by atoms with van der Waals surface area (Å²) in [4.78, 5) is 35.6. The van der Waals surface area contributed by atoms with Crippen molar-refractivity contribution in [3.8, 4) is 0 Å². The number of carbonyl (C=O) groups excluding carboxylic acids is 2. The van der Waals surface area contributed by atoms with Crippen LogP contribution in [0.5, 0.6) is 0 Å². The summed E-state index contributed by atoms with van der Waals surface area (Å²) in [5, 5.41) is 9.22. The first-order valence-corrected chi connectivity index (χ1v) is 7.44. The van der Waals surface area contributed by atoms with Crippen molar-refractivity contribution in [2.45, 2.75) is 20.3 Å². The Morgan fingerprint density at radius 2 is 1.54 bits per heavy atom. The zero-order valence-electron chi connectivity index (χ0n) is 13.5. The topological polar surface area (TPSA) is 80.7 Å². The maximum atomic E-state index is 12.3. The van der Waals surface area contributed by atoms with E-state index in [0.29, 0.717) is 5.56 Å². The standard InChI is InChI=1S/C19H18O5/c1-19(2,12-14-10-6-7-11-15(14)16(20)21)18(23)24-17(22)13-8-4-3-5-9-13/h3-11H,12H2,1-2H3,(H,20,21). The molecule has 0 saturated carbocycles. The molecule has 0 fully saturated rings. The van der Waals surface area contributed by atoms with E-state index in [0.717, 1.165) is 0 Å². The van der Waals surface area contributed by atoms with Gasteiger partial charge in [-0.15, -0.1) is 0 Å². The van der Waals surface area contributed by atoms with Crippen LogP contribution < -0.4 is 0 Å². The lowest BCUT2D eigenvalue weighted by atomic mass is 9.84. The maximum absolute atomic E-state index is 12.3. The summed E-state index contributed by atoms with van der Waals surface area (Å²) in [6.45, 7) is 3.23. The van der Waals surface area contributed by atoms with Gasteiger partial charge in [-0.05, 0) is 44.0 Å². The smallest absolute Gasteiger partial charge is 0.345 e. The van der Waals surface area contributed by atoms with Gasteiger partial charge >= 0.3 is 17.9 Å². The third kappa shape index (κ3) is 4.07. The molecule has 0 aliphatic carbocycles. The molecule has 0 saturated heterocycles. The van der Waals surface area contributed by atoms with E-state index < -0.39 is 23.3 Å². The van der Waals surface area contributed by atoms with Crippen molar-refractivity contribution in [3.63, 3.8) is 0 Å². The van der Waals surface area contributed by atoms with E-state index in [1.807, 2.05) is 0 Å². The molecule has 2 rings (SSSR count). The number of esters is 2. The molecule has 0 radical (unpaired) electrons. The van der Waals surface area contributed by atoms with Crippen LogP contribution in [-0.2, 0) is 16.0 Å². The minimum atomic E-state index is -1.06. The van der Waals surface area contributed by atoms with Crippen molar-refractivity contribution in [3.05, 3.63) is 71.3 Å². The lowest BCUT2D eigenvalue weighted by Crippen LogP contribution is -2.31. The number of carbonyl (C=O) groups is 3. The highest BCUT2D eigenvalue weighted by molar-refractivity contribution is 5.98. The lowest BCUT2D eigenvalue weighted by Gasteiger charge is -2.22. The molecule has 0 bridgehead atoms. The summed E-state index contributed by atoms with van der Waals surface area (Å²) in [7, 11) is 0. The first-order chi connectivity index (χ1) is 11.3. The molecule has 0 spiro atoms. The number of ether oxygens (including phenoxy) is 1. The molecule has 0 atom stereocenters. The van der Waals surface area contributed by atoms with E-state index in [-0.39, 0.29) is 17.5 Å². The second-order valence-corrected chi connectivity index (χ2v) is 6.07. The molecule has 0 aliphatic rings. The lowest BCUT2D eigenvalue weighted by molar-refractivity contribution is -0.147. The normalized spacial score (nSPS) is 10.9. The van der Waals surface area contributed by atoms with Gasteiger partial charge in [0, 0.05) is 0 Å². The van der Waals surface area contributed by atoms with Crippen LogP contribution in [0.1, 0.15) is 40.1 Å². The third-order valence-corrected chi connectivity index (χ3v) is 3.63. The number of carboxylic acids is 1. The number of benzene rings is 2. The molecule has 5 heteroatoms. The quantitative estimate of drug-likeness (QED) is 0.673. The Morgan fingerprint density at radius 1 is 0.958 bits per heavy atom. The van der Waals surface area contributed by atoms with Crippen molar-refractivity contribution < 1.29 is 24.2 Å². The molecule has 1 N–H and O–H groups in total. The first-order valence-electron chi connectivity index (χ1n) is 7.44. The predicted molar refractivity (Wildman–Crippen MR) is 87.8 cm³/mol. The van der Waals surface area contributed by atoms with Gasteiger partial charge in [-0.3, -0.25) is 4.79 Å². The fourth-order valence-corrected chi connectivity index (χ4v) is 2.29. The Balaban J connectivity index is 2.14. The summed E-state index contributed by atoms with van der Waals surface area (Å²) in [5.41, 5.74) is -0.116. The van der Waals surface area contributed by atoms with E-state index in [1.54, 1.807) is 62.4 Å². The summed E-state index contributed by atoms with van der Waals surface area (Å²) < 4.78 is 4.95. The molecule has 0 amide bonds. The molecule has 0 aliphatic heterocycles. The minimum absolute atomic E-state index is 0.132. The fourth-order valence-electron chi connectivity index (χ4n) is 2.29. The highest BCUT2D eigenvalue weighted by Crippen LogP contribution is 2.26. The van der Waals surface area contributed by atoms with Crippen LogP contribution in [0.25, 0.3) is 0 Å². The number of carboxylic acid groups (broad SMARTS) is 1. The summed E-state index contributed by atoms with van der Waals surface area (Å²) in [6.07, 6.45) is 0.149. The zero-order chi connectivity index (χ0) is 17.7. The Labute approximate surface area is 139 Å². The van der Waals surface area contributed by atoms with E-state index in [9.17, 15) is 19.5 Å². The second-order valence-electron chi connectivity index (χ2n) is 6.07. The molecular formula is C19H18O5. The van der Waals surface area contributed by atoms with Crippen molar-refractivity contribution in [2.75, 3.05) is 0 Å². The highest BCUT2D eigenvalue weighted by Gasteiger charge is 2.33. The van der Waals surface area contributed by atoms with Gasteiger partial charge in [-0.25, -0.2) is 9.59 Å². The predicted octanol–water partition coefficient (Wildman–Crippen LogP) is 3.34. The van der Waals surface area contributed by atoms with Gasteiger partial charge in [-0.2, -0.15) is 0 Å². The molecule has 2 aromatic rings. The van der Waals surface area contributed by atoms with Crippen molar-refractivity contribution >= 4 is 17.9 Å². The largest absolute Gasteiger partial charge is 0.478 e. The molecular weight excluding hydrogens is 308 g/mol. The number of hydrogen-bond acceptors (Lipinski definition) is 4. The van der Waals surface area contributed by atoms with Gasteiger partial charge in [-0.1, -0.05) is 36.4 Å². The third-order valence-electron chi connectivity index (χ3n) is 3.63. The van der Waals surface area contributed by atoms with E-state index in [4.69, 9.17) is 4.74 Å². The average molecular weight is 326 g/mol. The summed E-state index contributed by atoms with van der Waals surface area (Å²) >= 11 is 0. The van der Waals surface area contributed by atoms with Gasteiger partial charge in [0.15, 0.2) is 0 Å². The van der Waals surface area contributed by atoms with Gasteiger partial charge in [0.1, 0.15) is 0 Å². The van der Waals surface area contributed by atoms with Crippen molar-refractivity contribution in [1.82, 2.24) is 0 Å². The van der Waals surface area contributed by atoms with Crippen LogP contribution in [-0.4, -0.2) is 23.0 Å². The van der Waals surface area contributed by atoms with Gasteiger partial charge in [0.2, 0.25) is 0 Å². The van der Waals surface area contributed by atoms with Crippen LogP contribution in [0, 0.1) is 5.41 Å². The molecule has 0 heterocycles. The maximum Gasteiger partial charge on any atom is 0.345 e. The summed E-state index contributed by atoms with van der Waals surface area (Å²) in [5.74, 6) is -2.48. The number of aromatic carboxylic acids is 1. The van der Waals surface area contributed by atoms with Crippen LogP contribution in [0.4, 0.5) is 0 Å². The Kier molecular flexibility index (Phi) is 5.14. The fraction of sp³-hybridized carbons (Fsp3) is 0.211. The Morgan fingerprint density at radius 3 is 2.17 bits per heavy atom. The van der Waals surface area contributed by atoms with Crippen LogP contribution >= 0.6 is 0 Å². The molecule has 124 valence electrons. The summed E-state index contributed by atoms with van der Waals surface area (Å²) in [6, 6.07) is 14.7.